The van der Waals surface area contributed by atoms with Gasteiger partial charge in [0.25, 0.3) is 0 Å². The fourth-order valence-electron chi connectivity index (χ4n) is 3.01. The maximum atomic E-state index is 6.18. The molecule has 0 bridgehead atoms. The fraction of sp³-hybridized carbons (Fsp3) is 0.294. The number of hydrogen-bond acceptors (Lipinski definition) is 1. The molecule has 104 valence electrons. The van der Waals surface area contributed by atoms with Gasteiger partial charge in [-0.25, -0.2) is 0 Å². The van der Waals surface area contributed by atoms with Gasteiger partial charge in [-0.3, -0.25) is 0 Å². The van der Waals surface area contributed by atoms with E-state index in [1.165, 1.54) is 22.2 Å². The van der Waals surface area contributed by atoms with E-state index in [0.717, 1.165) is 36.7 Å². The molecule has 1 aromatic carbocycles. The van der Waals surface area contributed by atoms with Gasteiger partial charge in [0.15, 0.2) is 0 Å². The van der Waals surface area contributed by atoms with E-state index in [1.54, 1.807) is 0 Å². The molecule has 0 spiro atoms. The lowest BCUT2D eigenvalue weighted by Gasteiger charge is -2.24. The first-order chi connectivity index (χ1) is 9.60. The van der Waals surface area contributed by atoms with Crippen molar-refractivity contribution in [1.82, 2.24) is 9.47 Å². The highest BCUT2D eigenvalue weighted by molar-refractivity contribution is 6.31. The minimum atomic E-state index is 0.799. The Morgan fingerprint density at radius 2 is 2.25 bits per heavy atom. The van der Waals surface area contributed by atoms with Crippen molar-refractivity contribution in [2.24, 2.45) is 0 Å². The molecule has 0 saturated heterocycles. The summed E-state index contributed by atoms with van der Waals surface area (Å²) in [5.74, 6) is 0. The molecule has 2 heterocycles. The molecule has 2 nitrogen and oxygen atoms in total. The van der Waals surface area contributed by atoms with Gasteiger partial charge in [0.05, 0.1) is 0 Å². The maximum Gasteiger partial charge on any atom is 0.0490 e. The summed E-state index contributed by atoms with van der Waals surface area (Å²) >= 11 is 6.18. The van der Waals surface area contributed by atoms with Crippen molar-refractivity contribution in [1.29, 1.82) is 0 Å². The van der Waals surface area contributed by atoms with Crippen molar-refractivity contribution in [2.75, 3.05) is 13.6 Å². The van der Waals surface area contributed by atoms with Crippen LogP contribution in [0.4, 0.5) is 0 Å². The predicted octanol–water partition coefficient (Wildman–Crippen LogP) is 4.02. The Kier molecular flexibility index (Phi) is 3.45. The van der Waals surface area contributed by atoms with Crippen molar-refractivity contribution in [2.45, 2.75) is 19.5 Å². The number of benzene rings is 1. The van der Waals surface area contributed by atoms with Crippen molar-refractivity contribution in [3.8, 4) is 0 Å². The zero-order valence-electron chi connectivity index (χ0n) is 11.8. The molecular formula is C17H19ClN2. The van der Waals surface area contributed by atoms with Gasteiger partial charge in [-0.2, -0.15) is 0 Å². The molecule has 2 aromatic rings. The van der Waals surface area contributed by atoms with Crippen LogP contribution in [-0.4, -0.2) is 23.1 Å². The van der Waals surface area contributed by atoms with Crippen LogP contribution in [0.2, 0.25) is 5.02 Å². The van der Waals surface area contributed by atoms with E-state index in [2.05, 4.69) is 41.8 Å². The summed E-state index contributed by atoms with van der Waals surface area (Å²) in [5, 5.41) is 2.07. The molecular weight excluding hydrogens is 268 g/mol. The minimum absolute atomic E-state index is 0.799. The standard InChI is InChI=1S/C17H19ClN2/c1-4-12(2)10-20-16-6-5-13(18)9-14(16)15-11-19(3)8-7-17(15)20/h4-6,9H,1-2,7-8,10-11H2,3H3. The van der Waals surface area contributed by atoms with Crippen LogP contribution in [0, 0.1) is 0 Å². The van der Waals surface area contributed by atoms with Crippen LogP contribution in [0.25, 0.3) is 10.9 Å². The highest BCUT2D eigenvalue weighted by atomic mass is 35.5. The lowest BCUT2D eigenvalue weighted by Crippen LogP contribution is -2.27. The van der Waals surface area contributed by atoms with Crippen molar-refractivity contribution in [3.05, 3.63) is 59.3 Å². The average Bonchev–Trinajstić information content (AvgIpc) is 2.72. The number of fused-ring (bicyclic) bond motifs is 3. The molecule has 0 atom stereocenters. The third kappa shape index (κ3) is 2.19. The summed E-state index contributed by atoms with van der Waals surface area (Å²) in [6.45, 7) is 10.8. The molecule has 0 saturated carbocycles. The largest absolute Gasteiger partial charge is 0.340 e. The molecule has 0 unspecified atom stereocenters. The number of allylic oxidation sites excluding steroid dienone is 2. The molecule has 0 amide bonds. The van der Waals surface area contributed by atoms with Crippen LogP contribution in [-0.2, 0) is 19.5 Å². The van der Waals surface area contributed by atoms with E-state index >= 15 is 0 Å². The van der Waals surface area contributed by atoms with E-state index in [0.29, 0.717) is 0 Å². The van der Waals surface area contributed by atoms with Crippen LogP contribution >= 0.6 is 11.6 Å². The van der Waals surface area contributed by atoms with Crippen molar-refractivity contribution < 1.29 is 0 Å². The number of halogens is 1. The lowest BCUT2D eigenvalue weighted by atomic mass is 10.1. The number of likely N-dealkylation sites (N-methyl/N-ethyl adjacent to an activating group) is 1. The number of nitrogens with zero attached hydrogens (tertiary/aromatic N) is 2. The first-order valence-electron chi connectivity index (χ1n) is 6.88. The van der Waals surface area contributed by atoms with Gasteiger partial charge >= 0.3 is 0 Å². The highest BCUT2D eigenvalue weighted by Crippen LogP contribution is 2.32. The van der Waals surface area contributed by atoms with Gasteiger partial charge in [-0.15, -0.1) is 0 Å². The normalized spacial score (nSPS) is 15.3. The zero-order valence-corrected chi connectivity index (χ0v) is 12.6. The molecule has 20 heavy (non-hydrogen) atoms. The van der Waals surface area contributed by atoms with Gasteiger partial charge in [0.1, 0.15) is 0 Å². The van der Waals surface area contributed by atoms with Crippen LogP contribution in [0.3, 0.4) is 0 Å². The Balaban J connectivity index is 2.22. The van der Waals surface area contributed by atoms with Gasteiger partial charge in [-0.05, 0) is 36.4 Å². The molecule has 3 heteroatoms. The second kappa shape index (κ2) is 5.12. The monoisotopic (exact) mass is 286 g/mol. The van der Waals surface area contributed by atoms with E-state index < -0.39 is 0 Å². The topological polar surface area (TPSA) is 8.17 Å². The quantitative estimate of drug-likeness (QED) is 0.774. The van der Waals surface area contributed by atoms with Gasteiger partial charge < -0.3 is 9.47 Å². The Labute approximate surface area is 124 Å². The Hall–Kier alpha value is -1.51. The Morgan fingerprint density at radius 1 is 1.45 bits per heavy atom. The number of rotatable bonds is 3. The summed E-state index contributed by atoms with van der Waals surface area (Å²) in [7, 11) is 2.17. The molecule has 1 aliphatic heterocycles. The molecule has 3 rings (SSSR count). The van der Waals surface area contributed by atoms with Gasteiger partial charge in [0.2, 0.25) is 0 Å². The minimum Gasteiger partial charge on any atom is -0.340 e. The SMILES string of the molecule is C=CC(=C)Cn1c2c(c3cc(Cl)ccc31)CN(C)CC2. The fourth-order valence-corrected chi connectivity index (χ4v) is 3.18. The third-order valence-corrected chi connectivity index (χ3v) is 4.29. The number of aromatic nitrogens is 1. The van der Waals surface area contributed by atoms with E-state index in [1.807, 2.05) is 12.1 Å². The van der Waals surface area contributed by atoms with E-state index in [4.69, 9.17) is 11.6 Å². The molecule has 0 N–H and O–H groups in total. The van der Waals surface area contributed by atoms with Crippen molar-refractivity contribution in [3.63, 3.8) is 0 Å². The van der Waals surface area contributed by atoms with Gasteiger partial charge in [-0.1, -0.05) is 30.8 Å². The first-order valence-corrected chi connectivity index (χ1v) is 7.26. The Bertz CT molecular complexity index is 697. The molecule has 1 aromatic heterocycles. The van der Waals surface area contributed by atoms with Crippen LogP contribution < -0.4 is 0 Å². The Morgan fingerprint density at radius 3 is 3.00 bits per heavy atom. The third-order valence-electron chi connectivity index (χ3n) is 4.06. The molecule has 0 aliphatic carbocycles. The molecule has 0 fully saturated rings. The molecule has 1 aliphatic rings. The number of hydrogen-bond donors (Lipinski definition) is 0. The second-order valence-corrected chi connectivity index (χ2v) is 5.96. The summed E-state index contributed by atoms with van der Waals surface area (Å²) in [6, 6.07) is 6.17. The second-order valence-electron chi connectivity index (χ2n) is 5.52. The van der Waals surface area contributed by atoms with Crippen LogP contribution in [0.15, 0.2) is 43.0 Å². The maximum absolute atomic E-state index is 6.18. The first kappa shape index (κ1) is 13.5. The highest BCUT2D eigenvalue weighted by Gasteiger charge is 2.22. The van der Waals surface area contributed by atoms with Crippen LogP contribution in [0.5, 0.6) is 0 Å². The van der Waals surface area contributed by atoms with Gasteiger partial charge in [0, 0.05) is 47.7 Å². The summed E-state index contributed by atoms with van der Waals surface area (Å²) in [4.78, 5) is 2.36. The average molecular weight is 287 g/mol. The van der Waals surface area contributed by atoms with E-state index in [9.17, 15) is 0 Å². The predicted molar refractivity (Wildman–Crippen MR) is 86.3 cm³/mol. The van der Waals surface area contributed by atoms with Crippen molar-refractivity contribution >= 4 is 22.5 Å². The van der Waals surface area contributed by atoms with Crippen LogP contribution in [0.1, 0.15) is 11.3 Å². The summed E-state index contributed by atoms with van der Waals surface area (Å²) in [6.07, 6.45) is 2.91. The molecule has 0 radical (unpaired) electrons. The zero-order chi connectivity index (χ0) is 14.3. The van der Waals surface area contributed by atoms with E-state index in [-0.39, 0.29) is 0 Å². The summed E-state index contributed by atoms with van der Waals surface area (Å²) < 4.78 is 2.37. The smallest absolute Gasteiger partial charge is 0.0490 e. The lowest BCUT2D eigenvalue weighted by molar-refractivity contribution is 0.310. The summed E-state index contributed by atoms with van der Waals surface area (Å²) in [5.41, 5.74) is 5.12.